The van der Waals surface area contributed by atoms with E-state index < -0.39 is 29.9 Å². The van der Waals surface area contributed by atoms with Crippen molar-refractivity contribution in [3.05, 3.63) is 78.4 Å². The highest BCUT2D eigenvalue weighted by molar-refractivity contribution is 6.10. The highest BCUT2D eigenvalue weighted by atomic mass is 16.6. The normalized spacial score (nSPS) is 12.4. The number of carbonyl (C=O) groups excluding carboxylic acids is 4. The molecule has 0 aromatic heterocycles. The molecule has 11 nitrogen and oxygen atoms in total. The Bertz CT molecular complexity index is 1290. The summed E-state index contributed by atoms with van der Waals surface area (Å²) in [5.41, 5.74) is 1.33. The smallest absolute Gasteiger partial charge is 0.330 e. The minimum Gasteiger partial charge on any atom is -0.493 e. The van der Waals surface area contributed by atoms with E-state index in [1.54, 1.807) is 61.5 Å². The lowest BCUT2D eigenvalue weighted by molar-refractivity contribution is -0.146. The third-order valence-electron chi connectivity index (χ3n) is 5.52. The molecule has 2 rings (SSSR count). The Labute approximate surface area is 250 Å². The summed E-state index contributed by atoms with van der Waals surface area (Å²) < 4.78 is 25.9. The zero-order chi connectivity index (χ0) is 31.6. The number of carbonyl (C=O) groups is 4. The van der Waals surface area contributed by atoms with Crippen LogP contribution in [0.15, 0.2) is 67.3 Å². The highest BCUT2D eigenvalue weighted by Gasteiger charge is 2.12. The molecule has 230 valence electrons. The molecule has 0 aliphatic heterocycles. The largest absolute Gasteiger partial charge is 0.493 e. The molecule has 2 N–H and O–H groups in total. The van der Waals surface area contributed by atoms with E-state index in [4.69, 9.17) is 23.7 Å². The third-order valence-corrected chi connectivity index (χ3v) is 5.52. The van der Waals surface area contributed by atoms with Gasteiger partial charge in [0.2, 0.25) is 0 Å². The summed E-state index contributed by atoms with van der Waals surface area (Å²) >= 11 is 0. The number of allylic oxidation sites excluding steroid dienone is 2. The monoisotopic (exact) mass is 596 g/mol. The van der Waals surface area contributed by atoms with Gasteiger partial charge in [0, 0.05) is 12.5 Å². The van der Waals surface area contributed by atoms with Gasteiger partial charge < -0.3 is 33.9 Å². The fourth-order valence-corrected chi connectivity index (χ4v) is 3.25. The van der Waals surface area contributed by atoms with Gasteiger partial charge in [-0.15, -0.1) is 0 Å². The van der Waals surface area contributed by atoms with E-state index in [2.05, 4.69) is 6.58 Å². The van der Waals surface area contributed by atoms with Gasteiger partial charge in [-0.25, -0.2) is 4.79 Å². The lowest BCUT2D eigenvalue weighted by Crippen LogP contribution is -2.25. The van der Waals surface area contributed by atoms with E-state index in [0.717, 1.165) is 6.08 Å². The number of methoxy groups -OCH3 is 1. The molecule has 0 radical (unpaired) electrons. The average molecular weight is 597 g/mol. The first-order chi connectivity index (χ1) is 20.6. The number of hydrogen-bond acceptors (Lipinski definition) is 11. The number of rotatable bonds is 19. The second kappa shape index (κ2) is 18.6. The Hall–Kier alpha value is -4.74. The molecule has 0 saturated heterocycles. The number of benzene rings is 2. The maximum absolute atomic E-state index is 12.3. The van der Waals surface area contributed by atoms with Gasteiger partial charge in [0.25, 0.3) is 0 Å². The Kier molecular flexibility index (Phi) is 14.9. The molecule has 43 heavy (non-hydrogen) atoms. The van der Waals surface area contributed by atoms with Gasteiger partial charge in [0.1, 0.15) is 44.4 Å². The molecule has 2 unspecified atom stereocenters. The van der Waals surface area contributed by atoms with Crippen LogP contribution in [0, 0.1) is 0 Å². The maximum atomic E-state index is 12.3. The molecule has 11 heteroatoms. The van der Waals surface area contributed by atoms with Gasteiger partial charge in [0.15, 0.2) is 23.1 Å². The summed E-state index contributed by atoms with van der Waals surface area (Å²) in [6.45, 7) is 4.34. The first kappa shape index (κ1) is 34.5. The Morgan fingerprint density at radius 2 is 1.37 bits per heavy atom. The van der Waals surface area contributed by atoms with Gasteiger partial charge in [-0.1, -0.05) is 43.9 Å². The van der Waals surface area contributed by atoms with Crippen molar-refractivity contribution in [3.63, 3.8) is 0 Å². The fraction of sp³-hybridized carbons (Fsp3) is 0.312. The van der Waals surface area contributed by atoms with Crippen LogP contribution in [-0.4, -0.2) is 79.5 Å². The van der Waals surface area contributed by atoms with Crippen LogP contribution in [0.5, 0.6) is 17.2 Å². The van der Waals surface area contributed by atoms with Crippen LogP contribution in [0.25, 0.3) is 12.2 Å². The van der Waals surface area contributed by atoms with Crippen LogP contribution in [0.3, 0.4) is 0 Å². The Balaban J connectivity index is 1.81. The molecule has 2 aromatic carbocycles. The van der Waals surface area contributed by atoms with Gasteiger partial charge in [-0.05, 0) is 47.5 Å². The van der Waals surface area contributed by atoms with E-state index in [1.165, 1.54) is 19.3 Å². The highest BCUT2D eigenvalue weighted by Crippen LogP contribution is 2.28. The van der Waals surface area contributed by atoms with Crippen molar-refractivity contribution in [2.24, 2.45) is 0 Å². The van der Waals surface area contributed by atoms with E-state index in [1.807, 2.05) is 0 Å². The van der Waals surface area contributed by atoms with Crippen molar-refractivity contribution in [1.82, 2.24) is 0 Å². The first-order valence-electron chi connectivity index (χ1n) is 13.4. The van der Waals surface area contributed by atoms with Gasteiger partial charge in [-0.2, -0.15) is 0 Å². The van der Waals surface area contributed by atoms with Crippen molar-refractivity contribution in [3.8, 4) is 17.2 Å². The summed E-state index contributed by atoms with van der Waals surface area (Å²) in [5.74, 6) is -0.633. The van der Waals surface area contributed by atoms with Crippen molar-refractivity contribution in [2.45, 2.75) is 32.0 Å². The SMILES string of the molecule is C=CC(=O)OCC(O)COc1ccc(/C=C/C(=O)CC(=O)/C=C/c2ccc(OCC(O)COC(=O)CC)cc2)cc1OC. The molecular formula is C32H36O11. The molecule has 0 amide bonds. The number of ketones is 2. The predicted molar refractivity (Wildman–Crippen MR) is 158 cm³/mol. The van der Waals surface area contributed by atoms with Crippen molar-refractivity contribution in [2.75, 3.05) is 33.5 Å². The lowest BCUT2D eigenvalue weighted by atomic mass is 10.1. The number of aliphatic hydroxyl groups is 2. The van der Waals surface area contributed by atoms with Gasteiger partial charge in [0.05, 0.1) is 13.5 Å². The molecular weight excluding hydrogens is 560 g/mol. The molecule has 0 aliphatic rings. The summed E-state index contributed by atoms with van der Waals surface area (Å²) in [4.78, 5) is 46.8. The quantitative estimate of drug-likeness (QED) is 0.140. The maximum Gasteiger partial charge on any atom is 0.330 e. The van der Waals surface area contributed by atoms with Crippen molar-refractivity contribution in [1.29, 1.82) is 0 Å². The Morgan fingerprint density at radius 3 is 1.98 bits per heavy atom. The van der Waals surface area contributed by atoms with Crippen molar-refractivity contribution >= 4 is 35.7 Å². The molecule has 0 saturated carbocycles. The summed E-state index contributed by atoms with van der Waals surface area (Å²) in [5, 5.41) is 19.7. The van der Waals surface area contributed by atoms with Crippen LogP contribution >= 0.6 is 0 Å². The number of esters is 2. The molecule has 0 bridgehead atoms. The summed E-state index contributed by atoms with van der Waals surface area (Å²) in [6.07, 6.45) is 4.62. The molecule has 0 fully saturated rings. The minimum atomic E-state index is -1.05. The van der Waals surface area contributed by atoms with Crippen molar-refractivity contribution < 1.29 is 53.1 Å². The predicted octanol–water partition coefficient (Wildman–Crippen LogP) is 3.11. The summed E-state index contributed by atoms with van der Waals surface area (Å²) in [7, 11) is 1.44. The van der Waals surface area contributed by atoms with Crippen LogP contribution < -0.4 is 14.2 Å². The number of hydrogen-bond donors (Lipinski definition) is 2. The van der Waals surface area contributed by atoms with E-state index >= 15 is 0 Å². The minimum absolute atomic E-state index is 0.0499. The second-order valence-electron chi connectivity index (χ2n) is 9.06. The topological polar surface area (TPSA) is 155 Å². The number of aliphatic hydroxyl groups excluding tert-OH is 2. The third kappa shape index (κ3) is 13.6. The molecule has 2 aromatic rings. The van der Waals surface area contributed by atoms with E-state index in [0.29, 0.717) is 28.4 Å². The zero-order valence-corrected chi connectivity index (χ0v) is 24.1. The Morgan fingerprint density at radius 1 is 0.791 bits per heavy atom. The van der Waals surface area contributed by atoms with Gasteiger partial charge >= 0.3 is 11.9 Å². The van der Waals surface area contributed by atoms with Crippen LogP contribution in [0.2, 0.25) is 0 Å². The lowest BCUT2D eigenvalue weighted by Gasteiger charge is -2.14. The average Bonchev–Trinajstić information content (AvgIpc) is 3.02. The summed E-state index contributed by atoms with van der Waals surface area (Å²) in [6, 6.07) is 11.6. The standard InChI is InChI=1S/C32H36O11/c1-4-31(37)42-20-26(35)18-40-28-13-8-22(9-14-28)6-11-24(33)17-25(34)12-7-23-10-15-29(30(16-23)39-3)41-19-27(36)21-43-32(38)5-2/h5-16,26-27,35-36H,2,4,17-21H2,1,3H3/b11-6+,12-7+. The molecule has 0 spiro atoms. The van der Waals surface area contributed by atoms with E-state index in [-0.39, 0.29) is 45.1 Å². The van der Waals surface area contributed by atoms with Gasteiger partial charge in [-0.3, -0.25) is 14.4 Å². The zero-order valence-electron chi connectivity index (χ0n) is 24.1. The molecule has 2 atom stereocenters. The first-order valence-corrected chi connectivity index (χ1v) is 13.4. The van der Waals surface area contributed by atoms with E-state index in [9.17, 15) is 29.4 Å². The molecule has 0 heterocycles. The number of ether oxygens (including phenoxy) is 5. The van der Waals surface area contributed by atoms with Crippen LogP contribution in [0.4, 0.5) is 0 Å². The molecule has 0 aliphatic carbocycles. The second-order valence-corrected chi connectivity index (χ2v) is 9.06. The van der Waals surface area contributed by atoms with Crippen LogP contribution in [-0.2, 0) is 28.7 Å². The van der Waals surface area contributed by atoms with Crippen LogP contribution in [0.1, 0.15) is 30.9 Å². The fourth-order valence-electron chi connectivity index (χ4n) is 3.25.